The quantitative estimate of drug-likeness (QED) is 0.722. The monoisotopic (exact) mass is 219 g/mol. The van der Waals surface area contributed by atoms with Gasteiger partial charge in [0.05, 0.1) is 0 Å². The van der Waals surface area contributed by atoms with Crippen LogP contribution in [0.2, 0.25) is 0 Å². The van der Waals surface area contributed by atoms with Gasteiger partial charge in [-0.25, -0.2) is 0 Å². The first-order valence-electron chi connectivity index (χ1n) is 2.88. The van der Waals surface area contributed by atoms with Crippen molar-refractivity contribution in [1.82, 2.24) is 5.32 Å². The number of carbonyl (C=O) groups is 1. The molecular formula is C6H6BrNO3. The minimum absolute atomic E-state index is 0.172. The number of hydrogen-bond acceptors (Lipinski definition) is 3. The fourth-order valence-corrected chi connectivity index (χ4v) is 0.902. The number of halogens is 1. The molecule has 2 N–H and O–H groups in total. The van der Waals surface area contributed by atoms with Crippen molar-refractivity contribution in [2.75, 3.05) is 6.73 Å². The van der Waals surface area contributed by atoms with Gasteiger partial charge in [0.2, 0.25) is 0 Å². The van der Waals surface area contributed by atoms with E-state index in [1.165, 1.54) is 6.07 Å². The number of amides is 1. The van der Waals surface area contributed by atoms with E-state index in [1.807, 2.05) is 0 Å². The lowest BCUT2D eigenvalue weighted by Crippen LogP contribution is -2.23. The molecule has 0 aliphatic rings. The first-order chi connectivity index (χ1) is 5.24. The van der Waals surface area contributed by atoms with E-state index in [0.29, 0.717) is 4.67 Å². The van der Waals surface area contributed by atoms with Crippen LogP contribution >= 0.6 is 15.9 Å². The molecular weight excluding hydrogens is 214 g/mol. The third-order valence-electron chi connectivity index (χ3n) is 1.04. The highest BCUT2D eigenvalue weighted by Gasteiger charge is 2.07. The Balaban J connectivity index is 2.69. The summed E-state index contributed by atoms with van der Waals surface area (Å²) in [5.74, 6) is -0.260. The van der Waals surface area contributed by atoms with Crippen LogP contribution in [-0.4, -0.2) is 17.7 Å². The van der Waals surface area contributed by atoms with E-state index in [2.05, 4.69) is 21.2 Å². The molecule has 0 aliphatic carbocycles. The van der Waals surface area contributed by atoms with E-state index in [1.54, 1.807) is 6.07 Å². The maximum Gasteiger partial charge on any atom is 0.288 e. The van der Waals surface area contributed by atoms with E-state index in [0.717, 1.165) is 0 Å². The molecule has 1 amide bonds. The van der Waals surface area contributed by atoms with Crippen LogP contribution in [-0.2, 0) is 0 Å². The number of furan rings is 1. The van der Waals surface area contributed by atoms with Crippen LogP contribution in [0.4, 0.5) is 0 Å². The van der Waals surface area contributed by atoms with Crippen molar-refractivity contribution in [3.8, 4) is 0 Å². The van der Waals surface area contributed by atoms with Crippen LogP contribution in [0.25, 0.3) is 0 Å². The molecule has 0 aliphatic heterocycles. The molecule has 4 nitrogen and oxygen atoms in total. The lowest BCUT2D eigenvalue weighted by Gasteiger charge is -1.95. The minimum Gasteiger partial charge on any atom is -0.444 e. The second kappa shape index (κ2) is 3.54. The zero-order valence-electron chi connectivity index (χ0n) is 5.50. The summed E-state index contributed by atoms with van der Waals surface area (Å²) in [4.78, 5) is 10.9. The van der Waals surface area contributed by atoms with Crippen molar-refractivity contribution in [2.24, 2.45) is 0 Å². The van der Waals surface area contributed by atoms with Crippen molar-refractivity contribution in [3.05, 3.63) is 22.6 Å². The molecule has 0 fully saturated rings. The highest BCUT2D eigenvalue weighted by molar-refractivity contribution is 9.10. The van der Waals surface area contributed by atoms with Gasteiger partial charge in [-0.05, 0) is 28.1 Å². The summed E-state index contributed by atoms with van der Waals surface area (Å²) in [5, 5.41) is 10.5. The van der Waals surface area contributed by atoms with Crippen molar-refractivity contribution >= 4 is 21.8 Å². The van der Waals surface area contributed by atoms with Gasteiger partial charge in [-0.3, -0.25) is 4.79 Å². The van der Waals surface area contributed by atoms with Crippen molar-refractivity contribution in [1.29, 1.82) is 0 Å². The maximum atomic E-state index is 10.9. The Morgan fingerprint density at radius 2 is 2.45 bits per heavy atom. The van der Waals surface area contributed by atoms with Gasteiger partial charge in [0.1, 0.15) is 6.73 Å². The fraction of sp³-hybridized carbons (Fsp3) is 0.167. The predicted molar refractivity (Wildman–Crippen MR) is 41.0 cm³/mol. The smallest absolute Gasteiger partial charge is 0.288 e. The van der Waals surface area contributed by atoms with Crippen molar-refractivity contribution in [3.63, 3.8) is 0 Å². The Labute approximate surface area is 71.3 Å². The summed E-state index contributed by atoms with van der Waals surface area (Å²) < 4.78 is 5.38. The zero-order chi connectivity index (χ0) is 8.27. The van der Waals surface area contributed by atoms with Gasteiger partial charge >= 0.3 is 0 Å². The Morgan fingerprint density at radius 3 is 2.91 bits per heavy atom. The largest absolute Gasteiger partial charge is 0.444 e. The normalized spacial score (nSPS) is 9.64. The van der Waals surface area contributed by atoms with Crippen molar-refractivity contribution < 1.29 is 14.3 Å². The Kier molecular flexibility index (Phi) is 2.67. The van der Waals surface area contributed by atoms with Gasteiger partial charge in [0, 0.05) is 0 Å². The number of carbonyl (C=O) groups excluding carboxylic acids is 1. The summed E-state index contributed by atoms with van der Waals surface area (Å²) in [6.07, 6.45) is 0. The van der Waals surface area contributed by atoms with Gasteiger partial charge in [0.15, 0.2) is 10.4 Å². The number of aliphatic hydroxyl groups excluding tert-OH is 1. The first kappa shape index (κ1) is 8.29. The molecule has 0 saturated carbocycles. The molecule has 0 aromatic carbocycles. The second-order valence-electron chi connectivity index (χ2n) is 1.77. The summed E-state index contributed by atoms with van der Waals surface area (Å²) in [6, 6.07) is 3.11. The summed E-state index contributed by atoms with van der Waals surface area (Å²) >= 11 is 3.04. The molecule has 0 radical (unpaired) electrons. The van der Waals surface area contributed by atoms with Crippen LogP contribution < -0.4 is 5.32 Å². The molecule has 1 aromatic rings. The molecule has 0 spiro atoms. The van der Waals surface area contributed by atoms with Gasteiger partial charge in [-0.2, -0.15) is 0 Å². The molecule has 11 heavy (non-hydrogen) atoms. The number of rotatable bonds is 2. The van der Waals surface area contributed by atoms with Crippen LogP contribution in [0.3, 0.4) is 0 Å². The second-order valence-corrected chi connectivity index (χ2v) is 2.55. The third-order valence-corrected chi connectivity index (χ3v) is 1.46. The lowest BCUT2D eigenvalue weighted by molar-refractivity contribution is 0.0880. The minimum atomic E-state index is -0.432. The highest BCUT2D eigenvalue weighted by atomic mass is 79.9. The summed E-state index contributed by atoms with van der Waals surface area (Å²) in [6.45, 7) is -0.392. The molecule has 0 bridgehead atoms. The Hall–Kier alpha value is -0.810. The van der Waals surface area contributed by atoms with Gasteiger partial charge in [-0.15, -0.1) is 0 Å². The number of hydrogen-bond donors (Lipinski definition) is 2. The molecule has 1 heterocycles. The maximum absolute atomic E-state index is 10.9. The first-order valence-corrected chi connectivity index (χ1v) is 3.67. The Morgan fingerprint density at radius 1 is 1.73 bits per heavy atom. The average molecular weight is 220 g/mol. The van der Waals surface area contributed by atoms with Gasteiger partial charge in [-0.1, -0.05) is 0 Å². The topological polar surface area (TPSA) is 62.5 Å². The van der Waals surface area contributed by atoms with Gasteiger partial charge in [0.25, 0.3) is 5.91 Å². The third kappa shape index (κ3) is 2.06. The van der Waals surface area contributed by atoms with Crippen LogP contribution in [0, 0.1) is 0 Å². The predicted octanol–water partition coefficient (Wildman–Crippen LogP) is 0.722. The van der Waals surface area contributed by atoms with Gasteiger partial charge < -0.3 is 14.8 Å². The molecule has 1 rings (SSSR count). The molecule has 0 atom stereocenters. The lowest BCUT2D eigenvalue weighted by atomic mass is 10.4. The summed E-state index contributed by atoms with van der Waals surface area (Å²) in [7, 11) is 0. The zero-order valence-corrected chi connectivity index (χ0v) is 7.09. The molecule has 0 saturated heterocycles. The van der Waals surface area contributed by atoms with E-state index in [4.69, 9.17) is 9.52 Å². The number of aliphatic hydroxyl groups is 1. The van der Waals surface area contributed by atoms with Crippen molar-refractivity contribution in [2.45, 2.75) is 0 Å². The van der Waals surface area contributed by atoms with Crippen LogP contribution in [0.15, 0.2) is 21.2 Å². The molecule has 60 valence electrons. The molecule has 5 heteroatoms. The number of nitrogens with one attached hydrogen (secondary N) is 1. The Bertz CT molecular complexity index is 258. The van der Waals surface area contributed by atoms with E-state index >= 15 is 0 Å². The standard InChI is InChI=1S/C6H6BrNO3/c7-5-2-1-4(11-5)6(10)8-3-9/h1-2,9H,3H2,(H,8,10). The summed E-state index contributed by atoms with van der Waals surface area (Å²) in [5.41, 5.74) is 0. The molecule has 0 unspecified atom stereocenters. The van der Waals surface area contributed by atoms with Crippen LogP contribution in [0.1, 0.15) is 10.6 Å². The highest BCUT2D eigenvalue weighted by Crippen LogP contribution is 2.13. The van der Waals surface area contributed by atoms with Crippen LogP contribution in [0.5, 0.6) is 0 Å². The fourth-order valence-electron chi connectivity index (χ4n) is 0.595. The molecule has 1 aromatic heterocycles. The van der Waals surface area contributed by atoms with E-state index < -0.39 is 12.6 Å². The van der Waals surface area contributed by atoms with E-state index in [9.17, 15) is 4.79 Å². The average Bonchev–Trinajstić information content (AvgIpc) is 2.36. The SMILES string of the molecule is O=C(NCO)c1ccc(Br)o1. The van der Waals surface area contributed by atoms with E-state index in [-0.39, 0.29) is 5.76 Å².